The lowest BCUT2D eigenvalue weighted by atomic mass is 10.2. The molecule has 2 aromatic carbocycles. The average molecular weight is 407 g/mol. The van der Waals surface area contributed by atoms with E-state index in [1.54, 1.807) is 18.2 Å². The van der Waals surface area contributed by atoms with E-state index in [-0.39, 0.29) is 22.8 Å². The van der Waals surface area contributed by atoms with E-state index in [0.29, 0.717) is 0 Å². The van der Waals surface area contributed by atoms with E-state index in [4.69, 9.17) is 0 Å². The first kappa shape index (κ1) is 20.1. The minimum Gasteiger partial charge on any atom is -0.502 e. The first-order valence-electron chi connectivity index (χ1n) is 8.34. The predicted molar refractivity (Wildman–Crippen MR) is 108 cm³/mol. The van der Waals surface area contributed by atoms with Crippen LogP contribution in [0.4, 0.5) is 23.0 Å². The Labute approximate surface area is 168 Å². The molecule has 1 heterocycles. The van der Waals surface area contributed by atoms with Gasteiger partial charge >= 0.3 is 11.4 Å². The highest BCUT2D eigenvalue weighted by molar-refractivity contribution is 5.88. The maximum Gasteiger partial charge on any atom is 0.311 e. The van der Waals surface area contributed by atoms with E-state index in [2.05, 4.69) is 15.0 Å². The number of aliphatic imine (C=N–C) groups is 2. The molecule has 0 saturated heterocycles. The molecule has 0 aliphatic carbocycles. The molecule has 0 spiro atoms. The van der Waals surface area contributed by atoms with Gasteiger partial charge in [0.05, 0.1) is 9.85 Å². The third-order valence-corrected chi connectivity index (χ3v) is 3.88. The zero-order valence-corrected chi connectivity index (χ0v) is 15.1. The van der Waals surface area contributed by atoms with Gasteiger partial charge in [-0.1, -0.05) is 18.2 Å². The Bertz CT molecular complexity index is 1100. The molecular formula is C19H13N5O6. The molecule has 30 heavy (non-hydrogen) atoms. The van der Waals surface area contributed by atoms with Crippen molar-refractivity contribution >= 4 is 35.4 Å². The lowest BCUT2D eigenvalue weighted by Crippen LogP contribution is -1.92. The highest BCUT2D eigenvalue weighted by atomic mass is 16.6. The number of para-hydroxylation sites is 2. The van der Waals surface area contributed by atoms with Crippen molar-refractivity contribution < 1.29 is 20.1 Å². The van der Waals surface area contributed by atoms with Crippen LogP contribution in [0, 0.1) is 20.2 Å². The molecule has 0 aliphatic rings. The Kier molecular flexibility index (Phi) is 5.73. The van der Waals surface area contributed by atoms with E-state index in [1.165, 1.54) is 48.8 Å². The van der Waals surface area contributed by atoms with Crippen molar-refractivity contribution in [3.63, 3.8) is 0 Å². The molecular weight excluding hydrogens is 394 g/mol. The number of nitro groups is 2. The van der Waals surface area contributed by atoms with Crippen LogP contribution >= 0.6 is 0 Å². The molecule has 150 valence electrons. The topological polar surface area (TPSA) is 164 Å². The number of nitrogens with zero attached hydrogens (tertiary/aromatic N) is 5. The molecule has 0 bridgehead atoms. The first-order valence-corrected chi connectivity index (χ1v) is 8.34. The normalized spacial score (nSPS) is 11.2. The fourth-order valence-electron chi connectivity index (χ4n) is 2.43. The van der Waals surface area contributed by atoms with Crippen LogP contribution in [0.25, 0.3) is 0 Å². The van der Waals surface area contributed by atoms with E-state index in [1.807, 2.05) is 0 Å². The molecule has 0 atom stereocenters. The summed E-state index contributed by atoms with van der Waals surface area (Å²) in [5.41, 5.74) is -0.605. The number of benzene rings is 2. The third-order valence-electron chi connectivity index (χ3n) is 3.88. The number of hydrogen-bond donors (Lipinski definition) is 2. The number of rotatable bonds is 6. The van der Waals surface area contributed by atoms with Gasteiger partial charge in [0.25, 0.3) is 0 Å². The van der Waals surface area contributed by atoms with Crippen LogP contribution < -0.4 is 0 Å². The van der Waals surface area contributed by atoms with Gasteiger partial charge in [0, 0.05) is 35.7 Å². The summed E-state index contributed by atoms with van der Waals surface area (Å²) >= 11 is 0. The smallest absolute Gasteiger partial charge is 0.311 e. The van der Waals surface area contributed by atoms with E-state index in [0.717, 1.165) is 0 Å². The lowest BCUT2D eigenvalue weighted by molar-refractivity contribution is -0.386. The summed E-state index contributed by atoms with van der Waals surface area (Å²) in [6.07, 6.45) is 2.45. The monoisotopic (exact) mass is 407 g/mol. The van der Waals surface area contributed by atoms with Crippen molar-refractivity contribution in [2.24, 2.45) is 9.98 Å². The molecule has 0 amide bonds. The third kappa shape index (κ3) is 4.42. The van der Waals surface area contributed by atoms with E-state index in [9.17, 15) is 30.4 Å². The average Bonchev–Trinajstić information content (AvgIpc) is 2.72. The van der Waals surface area contributed by atoms with Crippen molar-refractivity contribution in [1.82, 2.24) is 4.98 Å². The molecule has 1 aromatic heterocycles. The van der Waals surface area contributed by atoms with Crippen LogP contribution in [0.1, 0.15) is 11.1 Å². The number of nitro benzene ring substituents is 2. The summed E-state index contributed by atoms with van der Waals surface area (Å²) < 4.78 is 0. The van der Waals surface area contributed by atoms with Gasteiger partial charge in [-0.15, -0.1) is 0 Å². The summed E-state index contributed by atoms with van der Waals surface area (Å²) in [6, 6.07) is 12.8. The highest BCUT2D eigenvalue weighted by Crippen LogP contribution is 2.29. The number of hydrogen-bond acceptors (Lipinski definition) is 9. The fourth-order valence-corrected chi connectivity index (χ4v) is 2.43. The van der Waals surface area contributed by atoms with Gasteiger partial charge in [0.1, 0.15) is 0 Å². The van der Waals surface area contributed by atoms with Crippen molar-refractivity contribution in [1.29, 1.82) is 0 Å². The van der Waals surface area contributed by atoms with Gasteiger partial charge in [0.15, 0.2) is 11.6 Å². The predicted octanol–water partition coefficient (Wildman–Crippen LogP) is 3.81. The van der Waals surface area contributed by atoms with Crippen LogP contribution in [0.3, 0.4) is 0 Å². The van der Waals surface area contributed by atoms with Crippen molar-refractivity contribution in [2.45, 2.75) is 0 Å². The Hall–Kier alpha value is -4.67. The molecule has 0 radical (unpaired) electrons. The summed E-state index contributed by atoms with van der Waals surface area (Å²) in [7, 11) is 0. The number of pyridine rings is 1. The Morgan fingerprint density at radius 2 is 1.13 bits per heavy atom. The Balaban J connectivity index is 1.84. The minimum absolute atomic E-state index is 0.140. The van der Waals surface area contributed by atoms with Crippen LogP contribution in [0.15, 0.2) is 64.6 Å². The summed E-state index contributed by atoms with van der Waals surface area (Å²) in [4.78, 5) is 32.7. The maximum atomic E-state index is 10.9. The Morgan fingerprint density at radius 1 is 0.733 bits per heavy atom. The zero-order valence-electron chi connectivity index (χ0n) is 15.1. The molecule has 0 fully saturated rings. The molecule has 0 saturated carbocycles. The van der Waals surface area contributed by atoms with Gasteiger partial charge in [-0.3, -0.25) is 20.2 Å². The quantitative estimate of drug-likeness (QED) is 0.356. The van der Waals surface area contributed by atoms with Gasteiger partial charge < -0.3 is 10.2 Å². The van der Waals surface area contributed by atoms with Crippen molar-refractivity contribution in [3.8, 4) is 11.5 Å². The SMILES string of the molecule is O=[N+]([O-])c1cccc(C=Nc2cccc(N=Cc3cccc([N+](=O)[O-])c3O)n2)c1O. The molecule has 3 rings (SSSR count). The van der Waals surface area contributed by atoms with Gasteiger partial charge in [-0.2, -0.15) is 0 Å². The maximum absolute atomic E-state index is 10.9. The first-order chi connectivity index (χ1) is 14.4. The standard InChI is InChI=1S/C19H13N5O6/c25-18-12(4-1-6-14(18)23(27)28)10-20-16-8-3-9-17(22-16)21-11-13-5-2-7-15(19(13)26)24(29)30/h1-11,25-26H. The zero-order chi connectivity index (χ0) is 21.7. The second-order valence-electron chi connectivity index (χ2n) is 5.81. The van der Waals surface area contributed by atoms with E-state index < -0.39 is 32.7 Å². The molecule has 3 aromatic rings. The second-order valence-corrected chi connectivity index (χ2v) is 5.81. The van der Waals surface area contributed by atoms with Gasteiger partial charge in [-0.25, -0.2) is 15.0 Å². The van der Waals surface area contributed by atoms with E-state index >= 15 is 0 Å². The lowest BCUT2D eigenvalue weighted by Gasteiger charge is -2.00. The van der Waals surface area contributed by atoms with Crippen LogP contribution in [-0.4, -0.2) is 37.5 Å². The summed E-state index contributed by atoms with van der Waals surface area (Å²) in [5, 5.41) is 41.6. The minimum atomic E-state index is -0.705. The molecule has 0 unspecified atom stereocenters. The largest absolute Gasteiger partial charge is 0.502 e. The van der Waals surface area contributed by atoms with Crippen LogP contribution in [-0.2, 0) is 0 Å². The fraction of sp³-hybridized carbons (Fsp3) is 0. The van der Waals surface area contributed by atoms with Crippen molar-refractivity contribution in [3.05, 3.63) is 86.0 Å². The second kappa shape index (κ2) is 8.56. The van der Waals surface area contributed by atoms with Crippen LogP contribution in [0.5, 0.6) is 11.5 Å². The molecule has 2 N–H and O–H groups in total. The number of phenols is 2. The number of phenolic OH excluding ortho intramolecular Hbond substituents is 2. The molecule has 11 nitrogen and oxygen atoms in total. The summed E-state index contributed by atoms with van der Waals surface area (Å²) in [5.74, 6) is -0.610. The number of aromatic nitrogens is 1. The Morgan fingerprint density at radius 3 is 1.53 bits per heavy atom. The summed E-state index contributed by atoms with van der Waals surface area (Å²) in [6.45, 7) is 0. The molecule has 11 heteroatoms. The van der Waals surface area contributed by atoms with Crippen LogP contribution in [0.2, 0.25) is 0 Å². The van der Waals surface area contributed by atoms with Gasteiger partial charge in [-0.05, 0) is 24.3 Å². The highest BCUT2D eigenvalue weighted by Gasteiger charge is 2.16. The van der Waals surface area contributed by atoms with Crippen molar-refractivity contribution in [2.75, 3.05) is 0 Å². The molecule has 0 aliphatic heterocycles. The van der Waals surface area contributed by atoms with Gasteiger partial charge in [0.2, 0.25) is 11.5 Å². The number of aromatic hydroxyl groups is 2.